The quantitative estimate of drug-likeness (QED) is 0.652. The summed E-state index contributed by atoms with van der Waals surface area (Å²) in [7, 11) is 0. The zero-order chi connectivity index (χ0) is 18.8. The highest BCUT2D eigenvalue weighted by molar-refractivity contribution is 8.14. The van der Waals surface area contributed by atoms with Crippen LogP contribution in [0.3, 0.4) is 0 Å². The van der Waals surface area contributed by atoms with Crippen LogP contribution in [0.15, 0.2) is 45.9 Å². The fourth-order valence-electron chi connectivity index (χ4n) is 2.36. The second kappa shape index (κ2) is 7.00. The van der Waals surface area contributed by atoms with Crippen LogP contribution in [0.4, 0.5) is 5.69 Å². The summed E-state index contributed by atoms with van der Waals surface area (Å²) in [6, 6.07) is 9.41. The molecule has 0 saturated heterocycles. The predicted octanol–water partition coefficient (Wildman–Crippen LogP) is 2.86. The lowest BCUT2D eigenvalue weighted by Crippen LogP contribution is -2.25. The number of furan rings is 1. The molecule has 0 bridgehead atoms. The van der Waals surface area contributed by atoms with Crippen molar-refractivity contribution in [2.24, 2.45) is 5.10 Å². The molecule has 0 unspecified atom stereocenters. The van der Waals surface area contributed by atoms with Crippen LogP contribution in [0.1, 0.15) is 25.0 Å². The van der Waals surface area contributed by atoms with Crippen LogP contribution in [0.25, 0.3) is 11.3 Å². The topological polar surface area (TPSA) is 118 Å². The summed E-state index contributed by atoms with van der Waals surface area (Å²) in [6.07, 6.45) is 0. The molecule has 134 valence electrons. The summed E-state index contributed by atoms with van der Waals surface area (Å²) in [5, 5.41) is 18.5. The van der Waals surface area contributed by atoms with Crippen LogP contribution >= 0.6 is 11.8 Å². The molecule has 0 saturated carbocycles. The van der Waals surface area contributed by atoms with E-state index < -0.39 is 10.3 Å². The SMILES string of the molecule is CC(=O)NC1=NN(C(C)=O)[C@H](c2ccc(-c3cccc([N+](=O)[O-])c3)o2)S1. The predicted molar refractivity (Wildman–Crippen MR) is 94.9 cm³/mol. The van der Waals surface area contributed by atoms with Crippen LogP contribution < -0.4 is 5.32 Å². The third-order valence-corrected chi connectivity index (χ3v) is 4.52. The minimum Gasteiger partial charge on any atom is -0.458 e. The van der Waals surface area contributed by atoms with Gasteiger partial charge in [0.2, 0.25) is 11.8 Å². The van der Waals surface area contributed by atoms with E-state index in [0.717, 1.165) is 0 Å². The summed E-state index contributed by atoms with van der Waals surface area (Å²) >= 11 is 1.17. The number of nitrogens with one attached hydrogen (secondary N) is 1. The Bertz CT molecular complexity index is 923. The van der Waals surface area contributed by atoms with Gasteiger partial charge in [-0.05, 0) is 12.1 Å². The molecule has 2 heterocycles. The van der Waals surface area contributed by atoms with Crippen molar-refractivity contribution in [3.63, 3.8) is 0 Å². The van der Waals surface area contributed by atoms with Gasteiger partial charge in [-0.15, -0.1) is 5.10 Å². The molecule has 1 aromatic heterocycles. The summed E-state index contributed by atoms with van der Waals surface area (Å²) in [6.45, 7) is 2.71. The number of benzene rings is 1. The molecular formula is C16H14N4O5S. The molecule has 0 aliphatic carbocycles. The van der Waals surface area contributed by atoms with E-state index in [4.69, 9.17) is 4.42 Å². The van der Waals surface area contributed by atoms with Crippen molar-refractivity contribution < 1.29 is 18.9 Å². The monoisotopic (exact) mass is 374 g/mol. The molecule has 0 fully saturated rings. The maximum Gasteiger partial charge on any atom is 0.270 e. The highest BCUT2D eigenvalue weighted by atomic mass is 32.2. The number of amides is 2. The van der Waals surface area contributed by atoms with E-state index in [1.807, 2.05) is 0 Å². The number of hydrazone groups is 1. The van der Waals surface area contributed by atoms with Crippen LogP contribution in [-0.4, -0.2) is 26.9 Å². The number of hydrogen-bond donors (Lipinski definition) is 1. The number of thioether (sulfide) groups is 1. The molecule has 26 heavy (non-hydrogen) atoms. The van der Waals surface area contributed by atoms with E-state index >= 15 is 0 Å². The third kappa shape index (κ3) is 3.59. The van der Waals surface area contributed by atoms with E-state index in [-0.39, 0.29) is 17.5 Å². The van der Waals surface area contributed by atoms with Gasteiger partial charge in [-0.25, -0.2) is 5.01 Å². The normalized spacial score (nSPS) is 16.3. The van der Waals surface area contributed by atoms with Gasteiger partial charge in [0, 0.05) is 31.5 Å². The molecule has 0 spiro atoms. The fourth-order valence-corrected chi connectivity index (χ4v) is 3.45. The molecule has 9 nitrogen and oxygen atoms in total. The second-order valence-electron chi connectivity index (χ2n) is 5.43. The zero-order valence-corrected chi connectivity index (χ0v) is 14.6. The van der Waals surface area contributed by atoms with Gasteiger partial charge in [-0.3, -0.25) is 19.7 Å². The Balaban J connectivity index is 1.87. The van der Waals surface area contributed by atoms with E-state index in [0.29, 0.717) is 22.3 Å². The van der Waals surface area contributed by atoms with Gasteiger partial charge in [0.25, 0.3) is 5.69 Å². The summed E-state index contributed by atoms with van der Waals surface area (Å²) in [4.78, 5) is 33.5. The van der Waals surface area contributed by atoms with Gasteiger partial charge in [-0.2, -0.15) is 0 Å². The van der Waals surface area contributed by atoms with Crippen molar-refractivity contribution in [3.05, 3.63) is 52.3 Å². The van der Waals surface area contributed by atoms with Crippen molar-refractivity contribution in [2.45, 2.75) is 19.2 Å². The number of rotatable bonds is 3. The number of nitrogens with zero attached hydrogens (tertiary/aromatic N) is 3. The van der Waals surface area contributed by atoms with Crippen LogP contribution in [0.2, 0.25) is 0 Å². The van der Waals surface area contributed by atoms with Gasteiger partial charge < -0.3 is 9.73 Å². The first-order valence-electron chi connectivity index (χ1n) is 7.52. The van der Waals surface area contributed by atoms with Gasteiger partial charge >= 0.3 is 0 Å². The first kappa shape index (κ1) is 17.7. The molecule has 10 heteroatoms. The Morgan fingerprint density at radius 3 is 2.73 bits per heavy atom. The molecule has 1 atom stereocenters. The average Bonchev–Trinajstić information content (AvgIpc) is 3.21. The Hall–Kier alpha value is -3.14. The largest absolute Gasteiger partial charge is 0.458 e. The Labute approximate surface area is 152 Å². The van der Waals surface area contributed by atoms with Crippen molar-refractivity contribution in [3.8, 4) is 11.3 Å². The van der Waals surface area contributed by atoms with Crippen molar-refractivity contribution >= 4 is 34.4 Å². The second-order valence-corrected chi connectivity index (χ2v) is 6.50. The van der Waals surface area contributed by atoms with Gasteiger partial charge in [0.05, 0.1) is 4.92 Å². The van der Waals surface area contributed by atoms with Crippen LogP contribution in [0, 0.1) is 10.1 Å². The van der Waals surface area contributed by atoms with Crippen molar-refractivity contribution in [1.29, 1.82) is 0 Å². The molecule has 2 aromatic rings. The number of carbonyl (C=O) groups is 2. The molecule has 1 aliphatic rings. The summed E-state index contributed by atoms with van der Waals surface area (Å²) in [5.74, 6) is 0.268. The zero-order valence-electron chi connectivity index (χ0n) is 13.8. The van der Waals surface area contributed by atoms with Crippen LogP contribution in [0.5, 0.6) is 0 Å². The van der Waals surface area contributed by atoms with Crippen molar-refractivity contribution in [2.75, 3.05) is 0 Å². The summed E-state index contributed by atoms with van der Waals surface area (Å²) in [5.41, 5.74) is 0.503. The Morgan fingerprint density at radius 2 is 2.08 bits per heavy atom. The first-order chi connectivity index (χ1) is 12.3. The van der Waals surface area contributed by atoms with Crippen LogP contribution in [-0.2, 0) is 9.59 Å². The number of non-ortho nitro benzene ring substituents is 1. The highest BCUT2D eigenvalue weighted by Crippen LogP contribution is 2.40. The molecule has 2 amide bonds. The van der Waals surface area contributed by atoms with E-state index in [9.17, 15) is 19.7 Å². The maximum atomic E-state index is 11.8. The summed E-state index contributed by atoms with van der Waals surface area (Å²) < 4.78 is 5.80. The molecular weight excluding hydrogens is 360 g/mol. The molecule has 3 rings (SSSR count). The van der Waals surface area contributed by atoms with Crippen molar-refractivity contribution in [1.82, 2.24) is 10.3 Å². The Kier molecular flexibility index (Phi) is 4.76. The molecule has 1 N–H and O–H groups in total. The van der Waals surface area contributed by atoms with Gasteiger partial charge in [0.15, 0.2) is 10.5 Å². The van der Waals surface area contributed by atoms with E-state index in [2.05, 4.69) is 10.4 Å². The van der Waals surface area contributed by atoms with Gasteiger partial charge in [-0.1, -0.05) is 23.9 Å². The fraction of sp³-hybridized carbons (Fsp3) is 0.188. The number of nitro groups is 1. The Morgan fingerprint density at radius 1 is 1.31 bits per heavy atom. The highest BCUT2D eigenvalue weighted by Gasteiger charge is 2.34. The number of carbonyl (C=O) groups excluding carboxylic acids is 2. The first-order valence-corrected chi connectivity index (χ1v) is 8.40. The number of nitro benzene ring substituents is 1. The molecule has 0 radical (unpaired) electrons. The number of amidine groups is 1. The molecule has 1 aromatic carbocycles. The van der Waals surface area contributed by atoms with Gasteiger partial charge in [0.1, 0.15) is 11.5 Å². The third-order valence-electron chi connectivity index (χ3n) is 3.46. The van der Waals surface area contributed by atoms with E-state index in [1.165, 1.54) is 42.8 Å². The minimum absolute atomic E-state index is 0.0441. The number of hydrogen-bond acceptors (Lipinski definition) is 7. The molecule has 1 aliphatic heterocycles. The average molecular weight is 374 g/mol. The lowest BCUT2D eigenvalue weighted by molar-refractivity contribution is -0.384. The lowest BCUT2D eigenvalue weighted by atomic mass is 10.1. The standard InChI is InChI=1S/C16H14N4O5S/c1-9(21)17-16-18-19(10(2)22)15(26-16)14-7-6-13(25-14)11-4-3-5-12(8-11)20(23)24/h3-8,15H,1-2H3,(H,17,18,21)/t15-/m0/s1. The maximum absolute atomic E-state index is 11.8. The van der Waals surface area contributed by atoms with E-state index in [1.54, 1.807) is 24.3 Å². The smallest absolute Gasteiger partial charge is 0.270 e. The lowest BCUT2D eigenvalue weighted by Gasteiger charge is -2.16. The minimum atomic E-state index is -0.568.